The van der Waals surface area contributed by atoms with Gasteiger partial charge in [-0.15, -0.1) is 0 Å². The number of esters is 1. The number of ether oxygens (including phenoxy) is 1. The largest absolute Gasteiger partial charge is 0.462 e. The molecule has 1 atom stereocenters. The Bertz CT molecular complexity index is 916. The Morgan fingerprint density at radius 2 is 1.83 bits per heavy atom. The van der Waals surface area contributed by atoms with E-state index in [9.17, 15) is 14.4 Å². The second-order valence-corrected chi connectivity index (χ2v) is 7.20. The highest BCUT2D eigenvalue weighted by Gasteiger charge is 2.24. The number of carbonyl (C=O) groups is 3. The third-order valence-electron chi connectivity index (χ3n) is 5.06. The summed E-state index contributed by atoms with van der Waals surface area (Å²) in [6.07, 6.45) is 4.49. The third kappa shape index (κ3) is 4.61. The maximum absolute atomic E-state index is 12.5. The Kier molecular flexibility index (Phi) is 6.71. The molecule has 0 radical (unpaired) electrons. The van der Waals surface area contributed by atoms with E-state index in [2.05, 4.69) is 10.4 Å². The molecule has 3 rings (SSSR count). The van der Waals surface area contributed by atoms with Gasteiger partial charge in [0.15, 0.2) is 0 Å². The van der Waals surface area contributed by atoms with Crippen molar-refractivity contribution in [3.63, 3.8) is 0 Å². The number of nitrogens with one attached hydrogen (secondary N) is 1. The van der Waals surface area contributed by atoms with E-state index >= 15 is 0 Å². The summed E-state index contributed by atoms with van der Waals surface area (Å²) < 4.78 is 6.35. The fourth-order valence-electron chi connectivity index (χ4n) is 3.41. The molecule has 0 saturated carbocycles. The molecule has 1 aliphatic heterocycles. The van der Waals surface area contributed by atoms with Crippen molar-refractivity contribution in [2.75, 3.05) is 25.4 Å². The van der Waals surface area contributed by atoms with E-state index < -0.39 is 12.0 Å². The number of hydrogen-bond acceptors (Lipinski definition) is 6. The molecule has 160 valence electrons. The van der Waals surface area contributed by atoms with Gasteiger partial charge in [-0.05, 0) is 57.4 Å². The predicted molar refractivity (Wildman–Crippen MR) is 111 cm³/mol. The van der Waals surface area contributed by atoms with Crippen LogP contribution in [0.4, 0.5) is 5.82 Å². The summed E-state index contributed by atoms with van der Waals surface area (Å²) in [5.74, 6) is -0.772. The minimum absolute atomic E-state index is 0.0597. The van der Waals surface area contributed by atoms with Gasteiger partial charge in [0.2, 0.25) is 5.91 Å². The van der Waals surface area contributed by atoms with Crippen LogP contribution in [0.3, 0.4) is 0 Å². The predicted octanol–water partition coefficient (Wildman–Crippen LogP) is 1.76. The lowest BCUT2D eigenvalue weighted by molar-refractivity contribution is -0.133. The summed E-state index contributed by atoms with van der Waals surface area (Å²) in [6.45, 7) is 5.14. The summed E-state index contributed by atoms with van der Waals surface area (Å²) in [5, 5.41) is 6.89. The van der Waals surface area contributed by atoms with Gasteiger partial charge in [0, 0.05) is 18.7 Å². The highest BCUT2D eigenvalue weighted by atomic mass is 16.5. The number of piperidine rings is 1. The maximum Gasteiger partial charge on any atom is 0.343 e. The normalized spacial score (nSPS) is 14.8. The number of aromatic nitrogens is 2. The van der Waals surface area contributed by atoms with Gasteiger partial charge in [-0.25, -0.2) is 9.48 Å². The van der Waals surface area contributed by atoms with Crippen molar-refractivity contribution < 1.29 is 19.1 Å². The molecule has 9 nitrogen and oxygen atoms in total. The van der Waals surface area contributed by atoms with Crippen LogP contribution in [0, 0.1) is 0 Å². The van der Waals surface area contributed by atoms with Crippen molar-refractivity contribution >= 4 is 23.6 Å². The van der Waals surface area contributed by atoms with Gasteiger partial charge in [-0.2, -0.15) is 5.10 Å². The zero-order valence-electron chi connectivity index (χ0n) is 17.3. The van der Waals surface area contributed by atoms with Crippen LogP contribution in [-0.4, -0.2) is 58.2 Å². The number of nitrogen functional groups attached to an aromatic ring is 1. The van der Waals surface area contributed by atoms with E-state index in [-0.39, 0.29) is 29.8 Å². The highest BCUT2D eigenvalue weighted by molar-refractivity contribution is 5.97. The lowest BCUT2D eigenvalue weighted by atomic mass is 10.1. The number of rotatable bonds is 6. The maximum atomic E-state index is 12.5. The fraction of sp³-hybridized carbons (Fsp3) is 0.429. The molecule has 0 aliphatic carbocycles. The van der Waals surface area contributed by atoms with Gasteiger partial charge in [0.25, 0.3) is 5.91 Å². The summed E-state index contributed by atoms with van der Waals surface area (Å²) in [7, 11) is 0. The fourth-order valence-corrected chi connectivity index (χ4v) is 3.41. The van der Waals surface area contributed by atoms with E-state index in [1.165, 1.54) is 10.9 Å². The molecule has 2 heterocycles. The smallest absolute Gasteiger partial charge is 0.343 e. The first kappa shape index (κ1) is 21.4. The lowest BCUT2D eigenvalue weighted by Gasteiger charge is -2.29. The molecule has 30 heavy (non-hydrogen) atoms. The molecular weight excluding hydrogens is 386 g/mol. The van der Waals surface area contributed by atoms with E-state index in [4.69, 9.17) is 10.5 Å². The molecular formula is C21H27N5O4. The third-order valence-corrected chi connectivity index (χ3v) is 5.06. The van der Waals surface area contributed by atoms with Crippen LogP contribution in [0.1, 0.15) is 53.8 Å². The van der Waals surface area contributed by atoms with Gasteiger partial charge >= 0.3 is 5.97 Å². The second-order valence-electron chi connectivity index (χ2n) is 7.20. The van der Waals surface area contributed by atoms with Gasteiger partial charge in [-0.1, -0.05) is 0 Å². The van der Waals surface area contributed by atoms with Crippen molar-refractivity contribution in [3.8, 4) is 5.69 Å². The van der Waals surface area contributed by atoms with Gasteiger partial charge in [0.1, 0.15) is 17.4 Å². The number of nitrogens with zero attached hydrogens (tertiary/aromatic N) is 3. The Morgan fingerprint density at radius 3 is 2.47 bits per heavy atom. The Morgan fingerprint density at radius 1 is 1.17 bits per heavy atom. The van der Waals surface area contributed by atoms with Gasteiger partial charge in [-0.3, -0.25) is 9.59 Å². The first-order chi connectivity index (χ1) is 14.4. The molecule has 0 bridgehead atoms. The second kappa shape index (κ2) is 9.43. The van der Waals surface area contributed by atoms with Gasteiger partial charge < -0.3 is 20.7 Å². The Hall–Kier alpha value is -3.36. The minimum Gasteiger partial charge on any atom is -0.462 e. The van der Waals surface area contributed by atoms with E-state index in [0.29, 0.717) is 11.3 Å². The molecule has 0 unspecified atom stereocenters. The summed E-state index contributed by atoms with van der Waals surface area (Å²) in [4.78, 5) is 38.7. The molecule has 0 spiro atoms. The zero-order valence-corrected chi connectivity index (χ0v) is 17.3. The van der Waals surface area contributed by atoms with Crippen molar-refractivity contribution in [2.24, 2.45) is 0 Å². The van der Waals surface area contributed by atoms with Crippen LogP contribution >= 0.6 is 0 Å². The number of likely N-dealkylation sites (tertiary alicyclic amines) is 1. The van der Waals surface area contributed by atoms with Gasteiger partial charge in [0.05, 0.1) is 18.5 Å². The van der Waals surface area contributed by atoms with E-state index in [0.717, 1.165) is 32.4 Å². The Balaban J connectivity index is 1.66. The minimum atomic E-state index is -0.593. The first-order valence-electron chi connectivity index (χ1n) is 10.1. The highest BCUT2D eigenvalue weighted by Crippen LogP contribution is 2.19. The van der Waals surface area contributed by atoms with Crippen molar-refractivity contribution in [3.05, 3.63) is 41.6 Å². The van der Waals surface area contributed by atoms with E-state index in [1.54, 1.807) is 43.0 Å². The molecule has 1 aromatic heterocycles. The first-order valence-corrected chi connectivity index (χ1v) is 10.1. The van der Waals surface area contributed by atoms with Crippen molar-refractivity contribution in [2.45, 2.75) is 39.2 Å². The van der Waals surface area contributed by atoms with Crippen LogP contribution < -0.4 is 11.1 Å². The molecule has 2 aromatic rings. The zero-order chi connectivity index (χ0) is 21.7. The molecule has 2 amide bonds. The molecule has 1 fully saturated rings. The quantitative estimate of drug-likeness (QED) is 0.697. The standard InChI is InChI=1S/C21H27N5O4/c1-3-30-21(29)17-13-23-26(18(17)22)16-9-7-15(8-10-16)19(27)24-14(2)20(28)25-11-5-4-6-12-25/h7-10,13-14H,3-6,11-12,22H2,1-2H3,(H,24,27)/t14-/m1/s1. The van der Waals surface area contributed by atoms with Crippen LogP contribution in [0.5, 0.6) is 0 Å². The lowest BCUT2D eigenvalue weighted by Crippen LogP contribution is -2.48. The molecule has 1 saturated heterocycles. The number of nitrogens with two attached hydrogens (primary N) is 1. The summed E-state index contributed by atoms with van der Waals surface area (Å²) in [5.41, 5.74) is 7.20. The average Bonchev–Trinajstić information content (AvgIpc) is 3.15. The molecule has 9 heteroatoms. The SMILES string of the molecule is CCOC(=O)c1cnn(-c2ccc(C(=O)N[C@H](C)C(=O)N3CCCCC3)cc2)c1N. The number of benzene rings is 1. The topological polar surface area (TPSA) is 120 Å². The van der Waals surface area contributed by atoms with Crippen LogP contribution in [-0.2, 0) is 9.53 Å². The van der Waals surface area contributed by atoms with Crippen LogP contribution in [0.25, 0.3) is 5.69 Å². The van der Waals surface area contributed by atoms with E-state index in [1.807, 2.05) is 0 Å². The molecule has 1 aromatic carbocycles. The number of anilines is 1. The number of amides is 2. The number of carbonyl (C=O) groups excluding carboxylic acids is 3. The monoisotopic (exact) mass is 413 g/mol. The van der Waals surface area contributed by atoms with Crippen LogP contribution in [0.2, 0.25) is 0 Å². The molecule has 1 aliphatic rings. The average molecular weight is 413 g/mol. The Labute approximate surface area is 175 Å². The van der Waals surface area contributed by atoms with Crippen molar-refractivity contribution in [1.29, 1.82) is 0 Å². The molecule has 3 N–H and O–H groups in total. The van der Waals surface area contributed by atoms with Crippen molar-refractivity contribution in [1.82, 2.24) is 20.0 Å². The number of hydrogen-bond donors (Lipinski definition) is 2. The summed E-state index contributed by atoms with van der Waals surface area (Å²) in [6, 6.07) is 5.99. The summed E-state index contributed by atoms with van der Waals surface area (Å²) >= 11 is 0. The van der Waals surface area contributed by atoms with Crippen LogP contribution in [0.15, 0.2) is 30.5 Å².